The molecule has 0 aromatic carbocycles. The van der Waals surface area contributed by atoms with E-state index in [0.29, 0.717) is 6.54 Å². The zero-order valence-electron chi connectivity index (χ0n) is 7.28. The maximum Gasteiger partial charge on any atom is 0.305 e. The van der Waals surface area contributed by atoms with Gasteiger partial charge in [0, 0.05) is 0 Å². The van der Waals surface area contributed by atoms with Gasteiger partial charge in [-0.05, 0) is 13.6 Å². The van der Waals surface area contributed by atoms with Gasteiger partial charge in [-0.15, -0.1) is 0 Å². The van der Waals surface area contributed by atoms with Crippen LogP contribution >= 0.6 is 0 Å². The van der Waals surface area contributed by atoms with Crippen LogP contribution in [0, 0.1) is 0 Å². The molecule has 0 saturated heterocycles. The number of likely N-dealkylation sites (N-methyl/N-ethyl adjacent to an activating group) is 1. The fourth-order valence-electron chi connectivity index (χ4n) is 0.859. The fraction of sp³-hybridized carbons (Fsp3) is 0.714. The van der Waals surface area contributed by atoms with E-state index in [4.69, 9.17) is 10.8 Å². The van der Waals surface area contributed by atoms with Crippen molar-refractivity contribution < 1.29 is 14.7 Å². The highest BCUT2D eigenvalue weighted by molar-refractivity contribution is 5.84. The summed E-state index contributed by atoms with van der Waals surface area (Å²) in [5, 5.41) is 8.44. The SMILES string of the molecule is CCN(C)C(CC(=O)O)C(N)=O. The van der Waals surface area contributed by atoms with Gasteiger partial charge in [0.05, 0.1) is 12.5 Å². The van der Waals surface area contributed by atoms with E-state index in [0.717, 1.165) is 0 Å². The number of carboxylic acid groups (broad SMARTS) is 1. The molecule has 1 unspecified atom stereocenters. The number of hydrogen-bond acceptors (Lipinski definition) is 3. The van der Waals surface area contributed by atoms with Crippen molar-refractivity contribution in [2.24, 2.45) is 5.73 Å². The molecule has 1 amide bonds. The molecule has 0 aromatic heterocycles. The van der Waals surface area contributed by atoms with Crippen molar-refractivity contribution in [2.45, 2.75) is 19.4 Å². The minimum Gasteiger partial charge on any atom is -0.481 e. The van der Waals surface area contributed by atoms with E-state index in [1.54, 1.807) is 11.9 Å². The van der Waals surface area contributed by atoms with Gasteiger partial charge in [-0.1, -0.05) is 6.92 Å². The number of nitrogens with two attached hydrogens (primary N) is 1. The van der Waals surface area contributed by atoms with Crippen LogP contribution in [0.3, 0.4) is 0 Å². The lowest BCUT2D eigenvalue weighted by Gasteiger charge is -2.21. The summed E-state index contributed by atoms with van der Waals surface area (Å²) in [5.41, 5.74) is 5.02. The number of carboxylic acids is 1. The number of hydrogen-bond donors (Lipinski definition) is 2. The standard InChI is InChI=1S/C7H14N2O3/c1-3-9(2)5(7(8)12)4-6(10)11/h5H,3-4H2,1-2H3,(H2,8,12)(H,10,11). The van der Waals surface area contributed by atoms with Crippen molar-refractivity contribution >= 4 is 11.9 Å². The second kappa shape index (κ2) is 4.71. The van der Waals surface area contributed by atoms with Crippen molar-refractivity contribution in [1.82, 2.24) is 4.90 Å². The molecule has 70 valence electrons. The second-order valence-corrected chi connectivity index (χ2v) is 2.59. The molecule has 0 spiro atoms. The van der Waals surface area contributed by atoms with Gasteiger partial charge in [0.25, 0.3) is 0 Å². The molecule has 0 bridgehead atoms. The number of carbonyl (C=O) groups is 2. The maximum absolute atomic E-state index is 10.8. The minimum absolute atomic E-state index is 0.236. The molecule has 0 rings (SSSR count). The van der Waals surface area contributed by atoms with E-state index < -0.39 is 17.9 Å². The highest BCUT2D eigenvalue weighted by atomic mass is 16.4. The first-order valence-corrected chi connectivity index (χ1v) is 3.70. The van der Waals surface area contributed by atoms with E-state index in [1.165, 1.54) is 0 Å². The van der Waals surface area contributed by atoms with Gasteiger partial charge in [-0.3, -0.25) is 14.5 Å². The Morgan fingerprint density at radius 2 is 2.08 bits per heavy atom. The van der Waals surface area contributed by atoms with Crippen molar-refractivity contribution in [1.29, 1.82) is 0 Å². The number of aliphatic carboxylic acids is 1. The predicted octanol–water partition coefficient (Wildman–Crippen LogP) is -0.733. The van der Waals surface area contributed by atoms with Gasteiger partial charge >= 0.3 is 5.97 Å². The van der Waals surface area contributed by atoms with E-state index in [-0.39, 0.29) is 6.42 Å². The lowest BCUT2D eigenvalue weighted by Crippen LogP contribution is -2.43. The van der Waals surface area contributed by atoms with E-state index in [1.807, 2.05) is 6.92 Å². The molecule has 0 saturated carbocycles. The van der Waals surface area contributed by atoms with Crippen molar-refractivity contribution in [3.8, 4) is 0 Å². The monoisotopic (exact) mass is 174 g/mol. The first-order valence-electron chi connectivity index (χ1n) is 3.70. The number of primary amides is 1. The molecule has 0 radical (unpaired) electrons. The Bertz CT molecular complexity index is 181. The van der Waals surface area contributed by atoms with Crippen LogP contribution in [0.4, 0.5) is 0 Å². The third-order valence-corrected chi connectivity index (χ3v) is 1.73. The van der Waals surface area contributed by atoms with Gasteiger partial charge in [0.2, 0.25) is 5.91 Å². The van der Waals surface area contributed by atoms with Crippen molar-refractivity contribution in [2.75, 3.05) is 13.6 Å². The first kappa shape index (κ1) is 10.9. The average Bonchev–Trinajstić information content (AvgIpc) is 1.98. The molecular weight excluding hydrogens is 160 g/mol. The highest BCUT2D eigenvalue weighted by Gasteiger charge is 2.22. The summed E-state index contributed by atoms with van der Waals surface area (Å²) in [6.45, 7) is 2.43. The third-order valence-electron chi connectivity index (χ3n) is 1.73. The van der Waals surface area contributed by atoms with Gasteiger partial charge < -0.3 is 10.8 Å². The summed E-state index contributed by atoms with van der Waals surface area (Å²) in [4.78, 5) is 22.7. The number of rotatable bonds is 5. The summed E-state index contributed by atoms with van der Waals surface area (Å²) >= 11 is 0. The quantitative estimate of drug-likeness (QED) is 0.575. The van der Waals surface area contributed by atoms with Crippen LogP contribution in [0.1, 0.15) is 13.3 Å². The maximum atomic E-state index is 10.8. The second-order valence-electron chi connectivity index (χ2n) is 2.59. The summed E-state index contributed by atoms with van der Waals surface area (Å²) in [7, 11) is 1.67. The van der Waals surface area contributed by atoms with Gasteiger partial charge in [-0.2, -0.15) is 0 Å². The molecule has 0 aliphatic heterocycles. The Hall–Kier alpha value is -1.10. The Morgan fingerprint density at radius 3 is 2.33 bits per heavy atom. The lowest BCUT2D eigenvalue weighted by molar-refractivity contribution is -0.141. The summed E-state index contributed by atoms with van der Waals surface area (Å²) < 4.78 is 0. The topological polar surface area (TPSA) is 83.6 Å². The fourth-order valence-corrected chi connectivity index (χ4v) is 0.859. The van der Waals surface area contributed by atoms with E-state index in [2.05, 4.69) is 0 Å². The van der Waals surface area contributed by atoms with Crippen LogP contribution in [0.2, 0.25) is 0 Å². The van der Waals surface area contributed by atoms with Crippen LogP contribution in [0.25, 0.3) is 0 Å². The Labute approximate surface area is 71.1 Å². The molecule has 0 fully saturated rings. The third kappa shape index (κ3) is 3.34. The summed E-state index contributed by atoms with van der Waals surface area (Å²) in [6.07, 6.45) is -0.236. The summed E-state index contributed by atoms with van der Waals surface area (Å²) in [5.74, 6) is -1.61. The number of nitrogens with zero attached hydrogens (tertiary/aromatic N) is 1. The smallest absolute Gasteiger partial charge is 0.305 e. The van der Waals surface area contributed by atoms with Gasteiger partial charge in [0.1, 0.15) is 0 Å². The zero-order chi connectivity index (χ0) is 9.72. The molecule has 12 heavy (non-hydrogen) atoms. The molecular formula is C7H14N2O3. The van der Waals surface area contributed by atoms with Crippen LogP contribution in [0.15, 0.2) is 0 Å². The van der Waals surface area contributed by atoms with Gasteiger partial charge in [-0.25, -0.2) is 0 Å². The van der Waals surface area contributed by atoms with Crippen LogP contribution in [0.5, 0.6) is 0 Å². The molecule has 0 aromatic rings. The largest absolute Gasteiger partial charge is 0.481 e. The van der Waals surface area contributed by atoms with Crippen molar-refractivity contribution in [3.05, 3.63) is 0 Å². The van der Waals surface area contributed by atoms with E-state index in [9.17, 15) is 9.59 Å². The molecule has 5 heteroatoms. The van der Waals surface area contributed by atoms with E-state index >= 15 is 0 Å². The van der Waals surface area contributed by atoms with Crippen LogP contribution in [-0.4, -0.2) is 41.5 Å². The molecule has 0 aliphatic rings. The number of amides is 1. The molecule has 3 N–H and O–H groups in total. The lowest BCUT2D eigenvalue weighted by atomic mass is 10.2. The molecule has 5 nitrogen and oxygen atoms in total. The minimum atomic E-state index is -1.01. The zero-order valence-corrected chi connectivity index (χ0v) is 7.28. The van der Waals surface area contributed by atoms with Crippen molar-refractivity contribution in [3.63, 3.8) is 0 Å². The predicted molar refractivity (Wildman–Crippen MR) is 43.5 cm³/mol. The molecule has 0 heterocycles. The molecule has 0 aliphatic carbocycles. The summed E-state index contributed by atoms with van der Waals surface area (Å²) in [6, 6.07) is -0.701. The van der Waals surface area contributed by atoms with Crippen LogP contribution in [-0.2, 0) is 9.59 Å². The Balaban J connectivity index is 4.22. The van der Waals surface area contributed by atoms with Crippen LogP contribution < -0.4 is 5.73 Å². The Morgan fingerprint density at radius 1 is 1.58 bits per heavy atom. The van der Waals surface area contributed by atoms with Gasteiger partial charge in [0.15, 0.2) is 0 Å². The normalized spacial score (nSPS) is 12.9. The number of carbonyl (C=O) groups excluding carboxylic acids is 1. The Kier molecular flexibility index (Phi) is 4.28. The highest BCUT2D eigenvalue weighted by Crippen LogP contribution is 2.00. The molecule has 1 atom stereocenters. The average molecular weight is 174 g/mol. The first-order chi connectivity index (χ1) is 5.49.